The van der Waals surface area contributed by atoms with E-state index in [-0.39, 0.29) is 0 Å². The fourth-order valence-electron chi connectivity index (χ4n) is 1.45. The normalized spacial score (nSPS) is 9.79. The molecule has 0 amide bonds. The van der Waals surface area contributed by atoms with Gasteiger partial charge in [0, 0.05) is 11.8 Å². The first kappa shape index (κ1) is 13.9. The highest BCUT2D eigenvalue weighted by atomic mass is 79.9. The van der Waals surface area contributed by atoms with E-state index in [1.54, 1.807) is 6.21 Å². The van der Waals surface area contributed by atoms with Crippen LogP contribution < -0.4 is 0 Å². The van der Waals surface area contributed by atoms with Crippen molar-refractivity contribution in [2.75, 3.05) is 5.33 Å². The largest absolute Gasteiger partial charge is 0.362 e. The van der Waals surface area contributed by atoms with Crippen molar-refractivity contribution in [1.29, 1.82) is 0 Å². The summed E-state index contributed by atoms with van der Waals surface area (Å²) < 4.78 is 0. The second-order valence-corrected chi connectivity index (χ2v) is 4.40. The van der Waals surface area contributed by atoms with Crippen molar-refractivity contribution in [3.8, 4) is 0 Å². The van der Waals surface area contributed by atoms with E-state index in [0.717, 1.165) is 18.2 Å². The van der Waals surface area contributed by atoms with Crippen LogP contribution in [0, 0.1) is 0 Å². The topological polar surface area (TPSA) is 36.4 Å². The summed E-state index contributed by atoms with van der Waals surface area (Å²) in [6.07, 6.45) is 13.0. The van der Waals surface area contributed by atoms with Gasteiger partial charge in [-0.2, -0.15) is 4.79 Å². The minimum absolute atomic E-state index is 0.917. The molecule has 0 heterocycles. The molecular formula is C11H21BrN2. The lowest BCUT2D eigenvalue weighted by molar-refractivity contribution is 0.000734. The van der Waals surface area contributed by atoms with Gasteiger partial charge in [0.2, 0.25) is 0 Å². The minimum Gasteiger partial charge on any atom is -0.362 e. The summed E-state index contributed by atoms with van der Waals surface area (Å²) >= 11 is 3.43. The number of rotatable bonds is 10. The van der Waals surface area contributed by atoms with E-state index in [9.17, 15) is 0 Å². The van der Waals surface area contributed by atoms with Gasteiger partial charge in [0.1, 0.15) is 0 Å². The molecule has 0 aliphatic rings. The number of hydrogen-bond acceptors (Lipinski definition) is 0. The highest BCUT2D eigenvalue weighted by Crippen LogP contribution is 2.09. The molecule has 0 N–H and O–H groups in total. The molecule has 3 heteroatoms. The molecule has 0 aromatic carbocycles. The van der Waals surface area contributed by atoms with Crippen molar-refractivity contribution < 1.29 is 4.79 Å². The lowest BCUT2D eigenvalue weighted by Crippen LogP contribution is -1.82. The molecule has 82 valence electrons. The summed E-state index contributed by atoms with van der Waals surface area (Å²) in [6.45, 7) is 0. The summed E-state index contributed by atoms with van der Waals surface area (Å²) in [5, 5.41) is 1.15. The third-order valence-corrected chi connectivity index (χ3v) is 2.86. The maximum Gasteiger partial charge on any atom is 0.257 e. The Morgan fingerprint density at radius 2 is 1.36 bits per heavy atom. The monoisotopic (exact) mass is 260 g/mol. The molecule has 0 aromatic rings. The Morgan fingerprint density at radius 3 is 1.86 bits per heavy atom. The Bertz CT molecular complexity index is 153. The van der Waals surface area contributed by atoms with E-state index >= 15 is 0 Å². The highest BCUT2D eigenvalue weighted by Gasteiger charge is 1.92. The lowest BCUT2D eigenvalue weighted by atomic mass is 10.1. The van der Waals surface area contributed by atoms with Gasteiger partial charge in [-0.1, -0.05) is 54.5 Å². The molecule has 0 bridgehead atoms. The van der Waals surface area contributed by atoms with E-state index in [2.05, 4.69) is 20.7 Å². The molecule has 0 radical (unpaired) electrons. The van der Waals surface area contributed by atoms with Crippen LogP contribution in [-0.2, 0) is 0 Å². The van der Waals surface area contributed by atoms with Crippen LogP contribution >= 0.6 is 15.9 Å². The maximum absolute atomic E-state index is 8.16. The summed E-state index contributed by atoms with van der Waals surface area (Å²) in [5.41, 5.74) is 8.16. The Kier molecular flexibility index (Phi) is 12.7. The van der Waals surface area contributed by atoms with Crippen LogP contribution in [0.1, 0.15) is 57.8 Å². The third-order valence-electron chi connectivity index (χ3n) is 2.30. The van der Waals surface area contributed by atoms with Crippen molar-refractivity contribution >= 4 is 22.1 Å². The molecule has 2 nitrogen and oxygen atoms in total. The predicted octanol–water partition coefficient (Wildman–Crippen LogP) is 4.19. The van der Waals surface area contributed by atoms with Gasteiger partial charge in [-0.15, -0.1) is 0 Å². The number of hydrogen-bond donors (Lipinski definition) is 0. The second kappa shape index (κ2) is 12.9. The molecule has 0 aromatic heterocycles. The Morgan fingerprint density at radius 1 is 0.857 bits per heavy atom. The van der Waals surface area contributed by atoms with E-state index in [4.69, 9.17) is 5.53 Å². The van der Waals surface area contributed by atoms with Crippen LogP contribution in [0.3, 0.4) is 0 Å². The lowest BCUT2D eigenvalue weighted by Gasteiger charge is -1.99. The van der Waals surface area contributed by atoms with Crippen LogP contribution in [0.25, 0.3) is 5.53 Å². The van der Waals surface area contributed by atoms with Crippen LogP contribution in [0.15, 0.2) is 0 Å². The van der Waals surface area contributed by atoms with E-state index in [1.807, 2.05) is 0 Å². The van der Waals surface area contributed by atoms with Gasteiger partial charge in [-0.25, -0.2) is 0 Å². The number of nitrogens with zero attached hydrogens (tertiary/aromatic N) is 2. The zero-order valence-electron chi connectivity index (χ0n) is 8.92. The van der Waals surface area contributed by atoms with Gasteiger partial charge in [-0.3, -0.25) is 0 Å². The third kappa shape index (κ3) is 11.9. The van der Waals surface area contributed by atoms with E-state index < -0.39 is 0 Å². The average molecular weight is 261 g/mol. The highest BCUT2D eigenvalue weighted by molar-refractivity contribution is 9.09. The number of halogens is 1. The Balaban J connectivity index is 2.88. The SMILES string of the molecule is [N-]=[N+]=CCCCCCCCCCCBr. The van der Waals surface area contributed by atoms with Crippen LogP contribution in [0.2, 0.25) is 0 Å². The molecule has 0 saturated carbocycles. The van der Waals surface area contributed by atoms with Crippen molar-refractivity contribution in [1.82, 2.24) is 0 Å². The second-order valence-electron chi connectivity index (χ2n) is 3.60. The number of alkyl halides is 1. The van der Waals surface area contributed by atoms with Gasteiger partial charge in [0.05, 0.1) is 0 Å². The smallest absolute Gasteiger partial charge is 0.257 e. The van der Waals surface area contributed by atoms with Crippen molar-refractivity contribution in [3.05, 3.63) is 5.53 Å². The average Bonchev–Trinajstić information content (AvgIpc) is 2.21. The first-order valence-electron chi connectivity index (χ1n) is 5.63. The quantitative estimate of drug-likeness (QED) is 0.186. The fraction of sp³-hybridized carbons (Fsp3) is 0.909. The molecule has 0 aliphatic carbocycles. The predicted molar refractivity (Wildman–Crippen MR) is 65.0 cm³/mol. The molecule has 0 rings (SSSR count). The zero-order valence-corrected chi connectivity index (χ0v) is 10.5. The zero-order chi connectivity index (χ0) is 10.5. The van der Waals surface area contributed by atoms with Gasteiger partial charge < -0.3 is 5.53 Å². The van der Waals surface area contributed by atoms with Crippen molar-refractivity contribution in [2.45, 2.75) is 57.8 Å². The summed E-state index contributed by atoms with van der Waals surface area (Å²) in [7, 11) is 0. The van der Waals surface area contributed by atoms with Crippen LogP contribution in [0.4, 0.5) is 0 Å². The fourth-order valence-corrected chi connectivity index (χ4v) is 1.85. The molecule has 14 heavy (non-hydrogen) atoms. The molecule has 0 spiro atoms. The summed E-state index contributed by atoms with van der Waals surface area (Å²) in [5.74, 6) is 0. The maximum atomic E-state index is 8.16. The summed E-state index contributed by atoms with van der Waals surface area (Å²) in [4.78, 5) is 2.97. The van der Waals surface area contributed by atoms with Crippen LogP contribution in [0.5, 0.6) is 0 Å². The molecule has 0 atom stereocenters. The van der Waals surface area contributed by atoms with Crippen LogP contribution in [-0.4, -0.2) is 16.3 Å². The van der Waals surface area contributed by atoms with Crippen molar-refractivity contribution in [2.24, 2.45) is 0 Å². The standard InChI is InChI=1S/C11H21BrN2/c12-10-8-6-4-2-1-3-5-7-9-11-14-13/h11H,1-10H2. The van der Waals surface area contributed by atoms with Gasteiger partial charge in [0.25, 0.3) is 6.21 Å². The van der Waals surface area contributed by atoms with Crippen molar-refractivity contribution in [3.63, 3.8) is 0 Å². The van der Waals surface area contributed by atoms with Gasteiger partial charge in [-0.05, 0) is 12.8 Å². The number of unbranched alkanes of at least 4 members (excludes halogenated alkanes) is 8. The summed E-state index contributed by atoms with van der Waals surface area (Å²) in [6, 6.07) is 0. The molecule has 0 aliphatic heterocycles. The first-order chi connectivity index (χ1) is 6.91. The van der Waals surface area contributed by atoms with Gasteiger partial charge >= 0.3 is 0 Å². The first-order valence-corrected chi connectivity index (χ1v) is 6.76. The van der Waals surface area contributed by atoms with E-state index in [0.29, 0.717) is 0 Å². The van der Waals surface area contributed by atoms with E-state index in [1.165, 1.54) is 44.9 Å². The molecule has 0 fully saturated rings. The minimum atomic E-state index is 0.917. The molecule has 0 unspecified atom stereocenters. The Labute approximate surface area is 95.8 Å². The molecular weight excluding hydrogens is 240 g/mol. The Hall–Kier alpha value is -0.140. The van der Waals surface area contributed by atoms with Gasteiger partial charge in [0.15, 0.2) is 0 Å². The molecule has 0 saturated heterocycles.